The third-order valence-corrected chi connectivity index (χ3v) is 3.27. The minimum atomic E-state index is -2.95. The number of rotatable bonds is 6. The molecular weight excluding hydrogens is 312 g/mol. The molecular formula is C15H17F2NO5. The fraction of sp³-hybridized carbons (Fsp3) is 0.467. The molecule has 0 amide bonds. The van der Waals surface area contributed by atoms with Crippen LogP contribution in [0.15, 0.2) is 23.4 Å². The second kappa shape index (κ2) is 6.80. The molecule has 0 bridgehead atoms. The normalized spacial score (nSPS) is 20.0. The van der Waals surface area contributed by atoms with Crippen LogP contribution in [0.3, 0.4) is 0 Å². The van der Waals surface area contributed by atoms with E-state index in [1.165, 1.54) is 19.2 Å². The molecule has 8 heteroatoms. The summed E-state index contributed by atoms with van der Waals surface area (Å²) in [5.41, 5.74) is -0.126. The van der Waals surface area contributed by atoms with Crippen LogP contribution < -0.4 is 9.47 Å². The zero-order chi connectivity index (χ0) is 17.0. The largest absolute Gasteiger partial charge is 0.490 e. The van der Waals surface area contributed by atoms with Gasteiger partial charge in [-0.05, 0) is 32.0 Å². The molecule has 1 aliphatic heterocycles. The van der Waals surface area contributed by atoms with Crippen LogP contribution in [0.5, 0.6) is 11.5 Å². The van der Waals surface area contributed by atoms with Crippen molar-refractivity contribution >= 4 is 11.7 Å². The predicted octanol–water partition coefficient (Wildman–Crippen LogP) is 2.74. The van der Waals surface area contributed by atoms with E-state index >= 15 is 0 Å². The van der Waals surface area contributed by atoms with Crippen molar-refractivity contribution < 1.29 is 32.6 Å². The van der Waals surface area contributed by atoms with Gasteiger partial charge in [0.2, 0.25) is 5.60 Å². The predicted molar refractivity (Wildman–Crippen MR) is 76.9 cm³/mol. The number of methoxy groups -OCH3 is 1. The van der Waals surface area contributed by atoms with Crippen LogP contribution in [0.4, 0.5) is 8.78 Å². The van der Waals surface area contributed by atoms with Gasteiger partial charge in [-0.25, -0.2) is 4.79 Å². The summed E-state index contributed by atoms with van der Waals surface area (Å²) < 4.78 is 39.2. The fourth-order valence-electron chi connectivity index (χ4n) is 2.17. The molecule has 2 rings (SSSR count). The number of oxime groups is 1. The van der Waals surface area contributed by atoms with Crippen LogP contribution in [0.1, 0.15) is 25.8 Å². The van der Waals surface area contributed by atoms with Crippen molar-refractivity contribution in [1.29, 1.82) is 0 Å². The van der Waals surface area contributed by atoms with Crippen molar-refractivity contribution in [2.45, 2.75) is 32.5 Å². The lowest BCUT2D eigenvalue weighted by Crippen LogP contribution is -2.36. The lowest BCUT2D eigenvalue weighted by atomic mass is 9.96. The summed E-state index contributed by atoms with van der Waals surface area (Å²) >= 11 is 0. The van der Waals surface area contributed by atoms with E-state index in [0.717, 1.165) is 0 Å². The third kappa shape index (κ3) is 3.69. The van der Waals surface area contributed by atoms with E-state index in [1.807, 2.05) is 0 Å². The molecule has 1 aromatic carbocycles. The highest BCUT2D eigenvalue weighted by Gasteiger charge is 2.43. The molecule has 1 unspecified atom stereocenters. The van der Waals surface area contributed by atoms with Gasteiger partial charge in [-0.15, -0.1) is 0 Å². The van der Waals surface area contributed by atoms with E-state index in [-0.39, 0.29) is 24.5 Å². The van der Waals surface area contributed by atoms with Crippen LogP contribution in [-0.2, 0) is 14.4 Å². The average molecular weight is 329 g/mol. The van der Waals surface area contributed by atoms with Crippen LogP contribution in [0.2, 0.25) is 0 Å². The van der Waals surface area contributed by atoms with Gasteiger partial charge in [0, 0.05) is 12.0 Å². The zero-order valence-electron chi connectivity index (χ0n) is 13.0. The van der Waals surface area contributed by atoms with Crippen molar-refractivity contribution in [1.82, 2.24) is 0 Å². The number of alkyl halides is 2. The van der Waals surface area contributed by atoms with Crippen molar-refractivity contribution in [3.05, 3.63) is 23.8 Å². The van der Waals surface area contributed by atoms with E-state index in [2.05, 4.69) is 14.6 Å². The first-order valence-electron chi connectivity index (χ1n) is 6.95. The first-order chi connectivity index (χ1) is 10.9. The van der Waals surface area contributed by atoms with E-state index < -0.39 is 18.2 Å². The van der Waals surface area contributed by atoms with Crippen molar-refractivity contribution in [3.8, 4) is 11.5 Å². The molecule has 0 fully saturated rings. The molecule has 0 saturated heterocycles. The number of esters is 1. The number of hydrogen-bond donors (Lipinski definition) is 0. The molecule has 0 saturated carbocycles. The Labute approximate surface area is 132 Å². The molecule has 126 valence electrons. The summed E-state index contributed by atoms with van der Waals surface area (Å²) in [6.45, 7) is 0.623. The van der Waals surface area contributed by atoms with E-state index in [9.17, 15) is 13.6 Å². The lowest BCUT2D eigenvalue weighted by Gasteiger charge is -2.17. The maximum absolute atomic E-state index is 12.4. The standard InChI is InChI=1S/C15H17F2NO5/c1-4-21-12-7-9(5-6-11(12)22-14(16)17)10-8-15(2,23-18-10)13(19)20-3/h5-7,14H,4,8H2,1-3H3. The first-order valence-corrected chi connectivity index (χ1v) is 6.95. The quantitative estimate of drug-likeness (QED) is 0.751. The van der Waals surface area contributed by atoms with E-state index in [4.69, 9.17) is 9.57 Å². The monoisotopic (exact) mass is 329 g/mol. The Morgan fingerprint density at radius 2 is 2.17 bits per heavy atom. The number of benzene rings is 1. The molecule has 1 atom stereocenters. The van der Waals surface area contributed by atoms with Gasteiger partial charge in [0.15, 0.2) is 11.5 Å². The number of carbonyl (C=O) groups excluding carboxylic acids is 1. The molecule has 0 N–H and O–H groups in total. The molecule has 0 spiro atoms. The van der Waals surface area contributed by atoms with E-state index in [1.54, 1.807) is 19.9 Å². The van der Waals surface area contributed by atoms with Crippen molar-refractivity contribution in [2.24, 2.45) is 5.16 Å². The second-order valence-electron chi connectivity index (χ2n) is 5.00. The lowest BCUT2D eigenvalue weighted by molar-refractivity contribution is -0.164. The molecule has 1 heterocycles. The summed E-state index contributed by atoms with van der Waals surface area (Å²) in [4.78, 5) is 16.9. The number of nitrogens with zero attached hydrogens (tertiary/aromatic N) is 1. The van der Waals surface area contributed by atoms with Crippen molar-refractivity contribution in [3.63, 3.8) is 0 Å². The number of hydrogen-bond acceptors (Lipinski definition) is 6. The summed E-state index contributed by atoms with van der Waals surface area (Å²) in [6, 6.07) is 4.43. The molecule has 1 aliphatic rings. The molecule has 1 aromatic rings. The van der Waals surface area contributed by atoms with Gasteiger partial charge < -0.3 is 19.0 Å². The third-order valence-electron chi connectivity index (χ3n) is 3.27. The van der Waals surface area contributed by atoms with E-state index in [0.29, 0.717) is 11.3 Å². The van der Waals surface area contributed by atoms with Gasteiger partial charge in [0.1, 0.15) is 0 Å². The fourth-order valence-corrected chi connectivity index (χ4v) is 2.17. The summed E-state index contributed by atoms with van der Waals surface area (Å²) in [6.07, 6.45) is 0.195. The zero-order valence-corrected chi connectivity index (χ0v) is 13.0. The Balaban J connectivity index is 2.24. The Bertz CT molecular complexity index is 620. The van der Waals surface area contributed by atoms with Gasteiger partial charge in [0.25, 0.3) is 0 Å². The van der Waals surface area contributed by atoms with Gasteiger partial charge >= 0.3 is 12.6 Å². The Hall–Kier alpha value is -2.38. The van der Waals surface area contributed by atoms with Crippen LogP contribution in [-0.4, -0.2) is 37.6 Å². The van der Waals surface area contributed by atoms with Gasteiger partial charge in [-0.1, -0.05) is 5.16 Å². The number of halogens is 2. The summed E-state index contributed by atoms with van der Waals surface area (Å²) in [7, 11) is 1.26. The molecule has 0 aromatic heterocycles. The van der Waals surface area contributed by atoms with Crippen LogP contribution in [0, 0.1) is 0 Å². The second-order valence-corrected chi connectivity index (χ2v) is 5.00. The maximum Gasteiger partial charge on any atom is 0.387 e. The van der Waals surface area contributed by atoms with Crippen LogP contribution in [0.25, 0.3) is 0 Å². The molecule has 6 nitrogen and oxygen atoms in total. The minimum absolute atomic E-state index is 0.0687. The van der Waals surface area contributed by atoms with Gasteiger partial charge in [-0.2, -0.15) is 8.78 Å². The smallest absolute Gasteiger partial charge is 0.387 e. The van der Waals surface area contributed by atoms with Crippen LogP contribution >= 0.6 is 0 Å². The molecule has 23 heavy (non-hydrogen) atoms. The highest BCUT2D eigenvalue weighted by molar-refractivity contribution is 6.05. The molecule has 0 aliphatic carbocycles. The highest BCUT2D eigenvalue weighted by atomic mass is 19.3. The average Bonchev–Trinajstić information content (AvgIpc) is 2.91. The Morgan fingerprint density at radius 3 is 2.78 bits per heavy atom. The maximum atomic E-state index is 12.4. The Kier molecular flexibility index (Phi) is 5.02. The minimum Gasteiger partial charge on any atom is -0.490 e. The van der Waals surface area contributed by atoms with Gasteiger partial charge in [-0.3, -0.25) is 0 Å². The molecule has 0 radical (unpaired) electrons. The first kappa shape index (κ1) is 17.0. The number of ether oxygens (including phenoxy) is 3. The SMILES string of the molecule is CCOc1cc(C2=NOC(C)(C(=O)OC)C2)ccc1OC(F)F. The summed E-state index contributed by atoms with van der Waals surface area (Å²) in [5.74, 6) is -0.445. The Morgan fingerprint density at radius 1 is 1.43 bits per heavy atom. The van der Waals surface area contributed by atoms with Crippen molar-refractivity contribution in [2.75, 3.05) is 13.7 Å². The number of carbonyl (C=O) groups is 1. The topological polar surface area (TPSA) is 66.4 Å². The summed E-state index contributed by atoms with van der Waals surface area (Å²) in [5, 5.41) is 3.89. The van der Waals surface area contributed by atoms with Gasteiger partial charge in [0.05, 0.1) is 19.4 Å². The highest BCUT2D eigenvalue weighted by Crippen LogP contribution is 2.33.